The summed E-state index contributed by atoms with van der Waals surface area (Å²) < 4.78 is 40.0. The predicted octanol–water partition coefficient (Wildman–Crippen LogP) is 4.86. The van der Waals surface area contributed by atoms with Gasteiger partial charge >= 0.3 is 0 Å². The summed E-state index contributed by atoms with van der Waals surface area (Å²) in [5, 5.41) is 4.64. The van der Waals surface area contributed by atoms with Gasteiger partial charge < -0.3 is 9.47 Å². The maximum absolute atomic E-state index is 13.8. The summed E-state index contributed by atoms with van der Waals surface area (Å²) in [5.74, 6) is 1.11. The first-order chi connectivity index (χ1) is 15.4. The zero-order chi connectivity index (χ0) is 22.9. The standard InChI is InChI=1S/C25H26N2O4S/c1-17-12-14-19(15-13-17)20-16-21(25-22(30-3)9-7-10-23(25)31-4)27(26-20)32(28,29)24-11-6-5-8-18(24)2/h5-15,21H,16H2,1-4H3. The number of methoxy groups -OCH3 is 2. The van der Waals surface area contributed by atoms with E-state index in [1.807, 2.05) is 43.3 Å². The number of hydrazone groups is 1. The summed E-state index contributed by atoms with van der Waals surface area (Å²) in [7, 11) is -0.802. The van der Waals surface area contributed by atoms with Crippen LogP contribution in [0.2, 0.25) is 0 Å². The van der Waals surface area contributed by atoms with E-state index in [1.165, 1.54) is 4.41 Å². The van der Waals surface area contributed by atoms with Gasteiger partial charge in [-0.05, 0) is 43.2 Å². The summed E-state index contributed by atoms with van der Waals surface area (Å²) in [4.78, 5) is 0.229. The Kier molecular flexibility index (Phi) is 5.93. The van der Waals surface area contributed by atoms with Crippen molar-refractivity contribution in [2.24, 2.45) is 5.10 Å². The van der Waals surface area contributed by atoms with Crippen LogP contribution in [0.5, 0.6) is 11.5 Å². The van der Waals surface area contributed by atoms with Crippen LogP contribution in [0.1, 0.15) is 34.7 Å². The third kappa shape index (κ3) is 3.84. The predicted molar refractivity (Wildman–Crippen MR) is 125 cm³/mol. The van der Waals surface area contributed by atoms with Gasteiger partial charge in [-0.3, -0.25) is 0 Å². The van der Waals surface area contributed by atoms with E-state index in [4.69, 9.17) is 9.47 Å². The molecule has 1 heterocycles. The van der Waals surface area contributed by atoms with E-state index >= 15 is 0 Å². The van der Waals surface area contributed by atoms with Crippen molar-refractivity contribution >= 4 is 15.7 Å². The van der Waals surface area contributed by atoms with Crippen molar-refractivity contribution in [2.75, 3.05) is 14.2 Å². The second-order valence-corrected chi connectivity index (χ2v) is 9.52. The quantitative estimate of drug-likeness (QED) is 0.538. The molecule has 4 rings (SSSR count). The van der Waals surface area contributed by atoms with Crippen molar-refractivity contribution in [1.29, 1.82) is 0 Å². The largest absolute Gasteiger partial charge is 0.496 e. The molecule has 0 radical (unpaired) electrons. The van der Waals surface area contributed by atoms with Gasteiger partial charge in [-0.25, -0.2) is 0 Å². The molecule has 0 N–H and O–H groups in total. The fourth-order valence-corrected chi connectivity index (χ4v) is 5.65. The Morgan fingerprint density at radius 3 is 2.09 bits per heavy atom. The number of aryl methyl sites for hydroxylation is 2. The fourth-order valence-electron chi connectivity index (χ4n) is 4.00. The van der Waals surface area contributed by atoms with Crippen LogP contribution < -0.4 is 9.47 Å². The highest BCUT2D eigenvalue weighted by Gasteiger charge is 2.41. The molecule has 0 fully saturated rings. The lowest BCUT2D eigenvalue weighted by Crippen LogP contribution is -2.28. The molecular formula is C25H26N2O4S. The number of hydrogen-bond donors (Lipinski definition) is 0. The molecule has 0 spiro atoms. The van der Waals surface area contributed by atoms with Crippen LogP contribution in [-0.4, -0.2) is 32.8 Å². The maximum Gasteiger partial charge on any atom is 0.279 e. The number of hydrogen-bond acceptors (Lipinski definition) is 5. The second kappa shape index (κ2) is 8.67. The Labute approximate surface area is 189 Å². The second-order valence-electron chi connectivity index (χ2n) is 7.75. The van der Waals surface area contributed by atoms with Gasteiger partial charge in [-0.15, -0.1) is 0 Å². The molecule has 3 aromatic carbocycles. The van der Waals surface area contributed by atoms with Crippen LogP contribution >= 0.6 is 0 Å². The van der Waals surface area contributed by atoms with E-state index in [9.17, 15) is 8.42 Å². The third-order valence-corrected chi connectivity index (χ3v) is 7.52. The van der Waals surface area contributed by atoms with Gasteiger partial charge in [0.05, 0.1) is 30.4 Å². The molecule has 1 atom stereocenters. The average Bonchev–Trinajstić information content (AvgIpc) is 3.25. The van der Waals surface area contributed by atoms with Crippen molar-refractivity contribution in [2.45, 2.75) is 31.2 Å². The Morgan fingerprint density at radius 1 is 0.875 bits per heavy atom. The highest BCUT2D eigenvalue weighted by molar-refractivity contribution is 7.89. The number of sulfonamides is 1. The molecule has 7 heteroatoms. The average molecular weight is 451 g/mol. The summed E-state index contributed by atoms with van der Waals surface area (Å²) >= 11 is 0. The van der Waals surface area contributed by atoms with Gasteiger partial charge in [0.2, 0.25) is 0 Å². The zero-order valence-corrected chi connectivity index (χ0v) is 19.4. The van der Waals surface area contributed by atoms with Crippen LogP contribution in [0.3, 0.4) is 0 Å². The number of rotatable bonds is 6. The van der Waals surface area contributed by atoms with E-state index in [1.54, 1.807) is 51.5 Å². The van der Waals surface area contributed by atoms with Gasteiger partial charge in [-0.1, -0.05) is 54.1 Å². The number of benzene rings is 3. The van der Waals surface area contributed by atoms with Crippen molar-refractivity contribution < 1.29 is 17.9 Å². The molecule has 166 valence electrons. The summed E-state index contributed by atoms with van der Waals surface area (Å²) in [6.45, 7) is 3.80. The van der Waals surface area contributed by atoms with Crippen LogP contribution in [-0.2, 0) is 10.0 Å². The van der Waals surface area contributed by atoms with E-state index < -0.39 is 16.1 Å². The minimum atomic E-state index is -3.93. The van der Waals surface area contributed by atoms with Crippen LogP contribution in [0.4, 0.5) is 0 Å². The van der Waals surface area contributed by atoms with Crippen LogP contribution in [0.25, 0.3) is 0 Å². The fraction of sp³-hybridized carbons (Fsp3) is 0.240. The van der Waals surface area contributed by atoms with Gasteiger partial charge in [0.15, 0.2) is 0 Å². The SMILES string of the molecule is COc1cccc(OC)c1C1CC(c2ccc(C)cc2)=NN1S(=O)(=O)c1ccccc1C. The first-order valence-electron chi connectivity index (χ1n) is 10.3. The number of nitrogens with zero attached hydrogens (tertiary/aromatic N) is 2. The molecule has 0 saturated carbocycles. The van der Waals surface area contributed by atoms with E-state index in [0.717, 1.165) is 11.1 Å². The molecule has 6 nitrogen and oxygen atoms in total. The van der Waals surface area contributed by atoms with Gasteiger partial charge in [0, 0.05) is 6.42 Å². The molecule has 3 aromatic rings. The lowest BCUT2D eigenvalue weighted by Gasteiger charge is -2.26. The molecule has 1 unspecified atom stereocenters. The minimum Gasteiger partial charge on any atom is -0.496 e. The Morgan fingerprint density at radius 2 is 1.50 bits per heavy atom. The molecule has 0 aromatic heterocycles. The van der Waals surface area contributed by atoms with E-state index in [-0.39, 0.29) is 4.90 Å². The minimum absolute atomic E-state index is 0.229. The molecule has 32 heavy (non-hydrogen) atoms. The zero-order valence-electron chi connectivity index (χ0n) is 18.6. The summed E-state index contributed by atoms with van der Waals surface area (Å²) in [6.07, 6.45) is 0.394. The maximum atomic E-state index is 13.8. The normalized spacial score (nSPS) is 16.1. The molecule has 1 aliphatic heterocycles. The Hall–Kier alpha value is -3.32. The smallest absolute Gasteiger partial charge is 0.279 e. The van der Waals surface area contributed by atoms with Crippen molar-refractivity contribution in [3.63, 3.8) is 0 Å². The molecule has 0 aliphatic carbocycles. The van der Waals surface area contributed by atoms with Crippen molar-refractivity contribution in [3.8, 4) is 11.5 Å². The Bertz CT molecular complexity index is 1250. The van der Waals surface area contributed by atoms with Gasteiger partial charge in [-0.2, -0.15) is 17.9 Å². The molecule has 0 saturated heterocycles. The van der Waals surface area contributed by atoms with Gasteiger partial charge in [0.1, 0.15) is 17.5 Å². The van der Waals surface area contributed by atoms with E-state index in [2.05, 4.69) is 5.10 Å². The first kappa shape index (κ1) is 21.9. The van der Waals surface area contributed by atoms with Gasteiger partial charge in [0.25, 0.3) is 10.0 Å². The van der Waals surface area contributed by atoms with Crippen molar-refractivity contribution in [1.82, 2.24) is 4.41 Å². The molecule has 0 bridgehead atoms. The number of ether oxygens (including phenoxy) is 2. The molecular weight excluding hydrogens is 424 g/mol. The highest BCUT2D eigenvalue weighted by atomic mass is 32.2. The molecule has 1 aliphatic rings. The summed E-state index contributed by atoms with van der Waals surface area (Å²) in [5.41, 5.74) is 4.02. The monoisotopic (exact) mass is 450 g/mol. The third-order valence-electron chi connectivity index (χ3n) is 5.67. The summed E-state index contributed by atoms with van der Waals surface area (Å²) in [6, 6.07) is 19.7. The first-order valence-corrected chi connectivity index (χ1v) is 11.8. The lowest BCUT2D eigenvalue weighted by molar-refractivity contribution is 0.330. The lowest BCUT2D eigenvalue weighted by atomic mass is 9.97. The topological polar surface area (TPSA) is 68.2 Å². The van der Waals surface area contributed by atoms with Crippen LogP contribution in [0.15, 0.2) is 76.7 Å². The highest BCUT2D eigenvalue weighted by Crippen LogP contribution is 2.45. The van der Waals surface area contributed by atoms with Crippen molar-refractivity contribution in [3.05, 3.63) is 89.0 Å². The van der Waals surface area contributed by atoms with E-state index in [0.29, 0.717) is 34.8 Å². The molecule has 0 amide bonds. The Balaban J connectivity index is 1.90. The van der Waals surface area contributed by atoms with Crippen LogP contribution in [0, 0.1) is 13.8 Å².